The Morgan fingerprint density at radius 3 is 2.67 bits per heavy atom. The molecule has 2 rings (SSSR count). The van der Waals surface area contributed by atoms with Crippen molar-refractivity contribution in [2.24, 2.45) is 0 Å². The van der Waals surface area contributed by atoms with Gasteiger partial charge in [0.05, 0.1) is 19.3 Å². The number of rotatable bonds is 5. The number of hydrogen-bond acceptors (Lipinski definition) is 4. The number of nitrogens with zero attached hydrogens (tertiary/aromatic N) is 1. The third-order valence-corrected chi connectivity index (χ3v) is 4.19. The molecule has 100 valence electrons. The fraction of sp³-hybridized carbons (Fsp3) is 0.500. The Hall–Kier alpha value is -1.38. The molecule has 0 atom stereocenters. The van der Waals surface area contributed by atoms with Crippen LogP contribution in [0.25, 0.3) is 0 Å². The molecule has 1 fully saturated rings. The lowest BCUT2D eigenvalue weighted by Gasteiger charge is -2.26. The third kappa shape index (κ3) is 2.40. The van der Waals surface area contributed by atoms with Crippen LogP contribution >= 0.6 is 0 Å². The minimum atomic E-state index is -3.68. The summed E-state index contributed by atoms with van der Waals surface area (Å²) in [6.45, 7) is 2.83. The minimum absolute atomic E-state index is 0.0337. The van der Waals surface area contributed by atoms with Crippen molar-refractivity contribution < 1.29 is 23.1 Å². The van der Waals surface area contributed by atoms with Gasteiger partial charge in [0, 0.05) is 12.7 Å². The largest absolute Gasteiger partial charge is 0.477 e. The van der Waals surface area contributed by atoms with Crippen molar-refractivity contribution in [3.05, 3.63) is 18.0 Å². The molecule has 0 bridgehead atoms. The molecule has 0 radical (unpaired) electrons. The smallest absolute Gasteiger partial charge is 0.352 e. The Morgan fingerprint density at radius 2 is 2.28 bits per heavy atom. The standard InChI is InChI=1S/C10H14N2O5S/c1-2-12-4-8(3-9(12)10(13)14)18(15,16)11-7-5-17-6-7/h3-4,7,11H,2,5-6H2,1H3,(H,13,14). The molecule has 1 aromatic rings. The monoisotopic (exact) mass is 274 g/mol. The first-order chi connectivity index (χ1) is 8.44. The molecular formula is C10H14N2O5S. The molecule has 8 heteroatoms. The van der Waals surface area contributed by atoms with E-state index in [0.29, 0.717) is 19.8 Å². The van der Waals surface area contributed by atoms with Crippen LogP contribution in [0.4, 0.5) is 0 Å². The molecule has 0 spiro atoms. The lowest BCUT2D eigenvalue weighted by atomic mass is 10.3. The number of hydrogen-bond donors (Lipinski definition) is 2. The highest BCUT2D eigenvalue weighted by Gasteiger charge is 2.27. The molecule has 1 aliphatic rings. The van der Waals surface area contributed by atoms with Gasteiger partial charge in [-0.15, -0.1) is 0 Å². The summed E-state index contributed by atoms with van der Waals surface area (Å²) in [5.74, 6) is -1.15. The van der Waals surface area contributed by atoms with Crippen LogP contribution in [-0.2, 0) is 21.3 Å². The highest BCUT2D eigenvalue weighted by atomic mass is 32.2. The summed E-state index contributed by atoms with van der Waals surface area (Å²) in [6.07, 6.45) is 1.32. The third-order valence-electron chi connectivity index (χ3n) is 2.70. The van der Waals surface area contributed by atoms with Gasteiger partial charge in [-0.05, 0) is 13.0 Å². The van der Waals surface area contributed by atoms with Crippen LogP contribution in [0.3, 0.4) is 0 Å². The average Bonchev–Trinajstić information content (AvgIpc) is 2.68. The molecule has 2 N–H and O–H groups in total. The number of carboxylic acid groups (broad SMARTS) is 1. The van der Waals surface area contributed by atoms with Crippen molar-refractivity contribution in [2.45, 2.75) is 24.4 Å². The molecule has 0 aliphatic carbocycles. The average molecular weight is 274 g/mol. The van der Waals surface area contributed by atoms with Gasteiger partial charge in [-0.25, -0.2) is 17.9 Å². The maximum absolute atomic E-state index is 12.0. The number of carboxylic acids is 1. The molecule has 2 heterocycles. The van der Waals surface area contributed by atoms with Crippen molar-refractivity contribution in [1.82, 2.24) is 9.29 Å². The fourth-order valence-corrected chi connectivity index (χ4v) is 2.91. The van der Waals surface area contributed by atoms with Gasteiger partial charge in [0.1, 0.15) is 10.6 Å². The van der Waals surface area contributed by atoms with Gasteiger partial charge in [0.15, 0.2) is 0 Å². The molecular weight excluding hydrogens is 260 g/mol. The van der Waals surface area contributed by atoms with E-state index in [1.807, 2.05) is 0 Å². The summed E-state index contributed by atoms with van der Waals surface area (Å²) in [7, 11) is -3.68. The Kier molecular flexibility index (Phi) is 3.42. The van der Waals surface area contributed by atoms with Crippen LogP contribution in [0.5, 0.6) is 0 Å². The molecule has 1 aliphatic heterocycles. The van der Waals surface area contributed by atoms with E-state index in [2.05, 4.69) is 4.72 Å². The van der Waals surface area contributed by atoms with E-state index in [9.17, 15) is 13.2 Å². The van der Waals surface area contributed by atoms with Crippen LogP contribution in [0.1, 0.15) is 17.4 Å². The zero-order chi connectivity index (χ0) is 13.3. The van der Waals surface area contributed by atoms with Crippen LogP contribution in [0.2, 0.25) is 0 Å². The quantitative estimate of drug-likeness (QED) is 0.780. The van der Waals surface area contributed by atoms with Gasteiger partial charge in [-0.3, -0.25) is 0 Å². The Labute approximate surface area is 104 Å². The molecule has 1 saturated heterocycles. The predicted octanol–water partition coefficient (Wildman–Crippen LogP) is -0.117. The molecule has 1 aromatic heterocycles. The van der Waals surface area contributed by atoms with Gasteiger partial charge < -0.3 is 14.4 Å². The SMILES string of the molecule is CCn1cc(S(=O)(=O)NC2COC2)cc1C(=O)O. The second kappa shape index (κ2) is 4.71. The highest BCUT2D eigenvalue weighted by molar-refractivity contribution is 7.89. The van der Waals surface area contributed by atoms with Crippen molar-refractivity contribution >= 4 is 16.0 Å². The summed E-state index contributed by atoms with van der Waals surface area (Å²) in [6, 6.07) is 0.932. The summed E-state index contributed by atoms with van der Waals surface area (Å²) in [5, 5.41) is 8.96. The van der Waals surface area contributed by atoms with Crippen molar-refractivity contribution in [3.8, 4) is 0 Å². The molecule has 0 saturated carbocycles. The predicted molar refractivity (Wildman–Crippen MR) is 62.0 cm³/mol. The molecule has 7 nitrogen and oxygen atoms in total. The fourth-order valence-electron chi connectivity index (χ4n) is 1.66. The van der Waals surface area contributed by atoms with E-state index in [-0.39, 0.29) is 16.6 Å². The van der Waals surface area contributed by atoms with E-state index < -0.39 is 16.0 Å². The van der Waals surface area contributed by atoms with E-state index in [1.54, 1.807) is 6.92 Å². The maximum Gasteiger partial charge on any atom is 0.352 e. The molecule has 18 heavy (non-hydrogen) atoms. The Balaban J connectivity index is 2.29. The number of carbonyl (C=O) groups is 1. The van der Waals surface area contributed by atoms with Crippen molar-refractivity contribution in [3.63, 3.8) is 0 Å². The first-order valence-corrected chi connectivity index (χ1v) is 6.96. The number of aryl methyl sites for hydroxylation is 1. The number of sulfonamides is 1. The second-order valence-corrected chi connectivity index (χ2v) is 5.72. The number of aromatic carboxylic acids is 1. The molecule has 0 aromatic carbocycles. The van der Waals surface area contributed by atoms with E-state index >= 15 is 0 Å². The van der Waals surface area contributed by atoms with E-state index in [1.165, 1.54) is 10.8 Å². The van der Waals surface area contributed by atoms with Crippen molar-refractivity contribution in [1.29, 1.82) is 0 Å². The minimum Gasteiger partial charge on any atom is -0.477 e. The lowest BCUT2D eigenvalue weighted by Crippen LogP contribution is -2.48. The molecule has 0 unspecified atom stereocenters. The van der Waals surface area contributed by atoms with Crippen molar-refractivity contribution in [2.75, 3.05) is 13.2 Å². The van der Waals surface area contributed by atoms with Gasteiger partial charge >= 0.3 is 5.97 Å². The number of ether oxygens (including phenoxy) is 1. The van der Waals surface area contributed by atoms with Gasteiger partial charge in [0.25, 0.3) is 0 Å². The molecule has 0 amide bonds. The van der Waals surface area contributed by atoms with Crippen LogP contribution in [0.15, 0.2) is 17.2 Å². The lowest BCUT2D eigenvalue weighted by molar-refractivity contribution is 0.00482. The topological polar surface area (TPSA) is 97.6 Å². The first-order valence-electron chi connectivity index (χ1n) is 5.47. The Morgan fingerprint density at radius 1 is 1.61 bits per heavy atom. The summed E-state index contributed by atoms with van der Waals surface area (Å²) in [5.41, 5.74) is -0.0391. The second-order valence-electron chi connectivity index (χ2n) is 4.01. The zero-order valence-electron chi connectivity index (χ0n) is 9.79. The van der Waals surface area contributed by atoms with Gasteiger partial charge in [-0.2, -0.15) is 0 Å². The summed E-state index contributed by atoms with van der Waals surface area (Å²) >= 11 is 0. The summed E-state index contributed by atoms with van der Waals surface area (Å²) < 4.78 is 32.6. The first kappa shape index (κ1) is 13.1. The van der Waals surface area contributed by atoms with Gasteiger partial charge in [-0.1, -0.05) is 0 Å². The summed E-state index contributed by atoms with van der Waals surface area (Å²) in [4.78, 5) is 10.9. The number of nitrogens with one attached hydrogen (secondary N) is 1. The van der Waals surface area contributed by atoms with Crippen LogP contribution in [0, 0.1) is 0 Å². The van der Waals surface area contributed by atoms with E-state index in [4.69, 9.17) is 9.84 Å². The zero-order valence-corrected chi connectivity index (χ0v) is 10.6. The maximum atomic E-state index is 12.0. The highest BCUT2D eigenvalue weighted by Crippen LogP contribution is 2.16. The Bertz CT molecular complexity index is 559. The van der Waals surface area contributed by atoms with Crippen LogP contribution in [-0.4, -0.2) is 43.3 Å². The normalized spacial score (nSPS) is 16.5. The number of aromatic nitrogens is 1. The van der Waals surface area contributed by atoms with Gasteiger partial charge in [0.2, 0.25) is 10.0 Å². The van der Waals surface area contributed by atoms with Crippen LogP contribution < -0.4 is 4.72 Å². The van der Waals surface area contributed by atoms with E-state index in [0.717, 1.165) is 6.07 Å².